The van der Waals surface area contributed by atoms with Crippen LogP contribution in [0.3, 0.4) is 0 Å². The fourth-order valence-corrected chi connectivity index (χ4v) is 2.52. The highest BCUT2D eigenvalue weighted by atomic mass is 32.2. The predicted octanol–water partition coefficient (Wildman–Crippen LogP) is 0.335. The molecule has 8 heteroatoms. The first kappa shape index (κ1) is 14.7. The Morgan fingerprint density at radius 3 is 2.61 bits per heavy atom. The lowest BCUT2D eigenvalue weighted by atomic mass is 10.3. The lowest BCUT2D eigenvalue weighted by Gasteiger charge is -2.09. The molecule has 0 aromatic carbocycles. The Morgan fingerprint density at radius 1 is 1.56 bits per heavy atom. The Hall–Kier alpha value is -1.38. The smallest absolute Gasteiger partial charge is 0.371 e. The summed E-state index contributed by atoms with van der Waals surface area (Å²) in [7, 11) is -3.88. The zero-order valence-corrected chi connectivity index (χ0v) is 10.8. The van der Waals surface area contributed by atoms with E-state index in [-0.39, 0.29) is 17.2 Å². The molecular formula is C10H15NO6S. The van der Waals surface area contributed by atoms with E-state index in [4.69, 9.17) is 9.52 Å². The summed E-state index contributed by atoms with van der Waals surface area (Å²) in [6.45, 7) is 2.94. The van der Waals surface area contributed by atoms with Gasteiger partial charge < -0.3 is 14.6 Å². The number of hydrogen-bond acceptors (Lipinski definition) is 5. The van der Waals surface area contributed by atoms with Crippen molar-refractivity contribution >= 4 is 16.0 Å². The van der Waals surface area contributed by atoms with Crippen LogP contribution in [0.1, 0.15) is 29.7 Å². The van der Waals surface area contributed by atoms with Gasteiger partial charge >= 0.3 is 5.97 Å². The minimum Gasteiger partial charge on any atom is -0.475 e. The number of aliphatic hydroxyl groups excluding tert-OH is 1. The summed E-state index contributed by atoms with van der Waals surface area (Å²) < 4.78 is 30.7. The van der Waals surface area contributed by atoms with E-state index < -0.39 is 27.9 Å². The van der Waals surface area contributed by atoms with Gasteiger partial charge in [-0.25, -0.2) is 17.9 Å². The van der Waals surface area contributed by atoms with Crippen LogP contribution in [-0.4, -0.2) is 37.2 Å². The fourth-order valence-electron chi connectivity index (χ4n) is 1.27. The molecule has 1 aromatic rings. The maximum absolute atomic E-state index is 11.8. The molecule has 0 amide bonds. The number of hydrogen-bond donors (Lipinski definition) is 3. The van der Waals surface area contributed by atoms with Gasteiger partial charge in [-0.2, -0.15) is 0 Å². The zero-order valence-electron chi connectivity index (χ0n) is 10.0. The van der Waals surface area contributed by atoms with Crippen molar-refractivity contribution in [1.29, 1.82) is 0 Å². The first-order chi connectivity index (χ1) is 8.27. The third-order valence-electron chi connectivity index (χ3n) is 2.35. The Bertz CT molecular complexity index is 533. The molecule has 0 spiro atoms. The van der Waals surface area contributed by atoms with E-state index in [2.05, 4.69) is 4.72 Å². The summed E-state index contributed by atoms with van der Waals surface area (Å²) >= 11 is 0. The van der Waals surface area contributed by atoms with Crippen molar-refractivity contribution in [2.24, 2.45) is 0 Å². The van der Waals surface area contributed by atoms with Gasteiger partial charge in [0.2, 0.25) is 15.8 Å². The molecule has 1 rings (SSSR count). The van der Waals surface area contributed by atoms with Crippen LogP contribution in [0.15, 0.2) is 15.4 Å². The number of carbonyl (C=O) groups is 1. The normalized spacial score (nSPS) is 13.5. The summed E-state index contributed by atoms with van der Waals surface area (Å²) in [5.41, 5.74) is 0. The molecule has 7 nitrogen and oxygen atoms in total. The SMILES string of the molecule is CCC(O)CNS(=O)(=O)c1cc(C(=O)O)oc1C. The third kappa shape index (κ3) is 3.31. The summed E-state index contributed by atoms with van der Waals surface area (Å²) in [4.78, 5) is 10.4. The molecule has 0 fully saturated rings. The predicted molar refractivity (Wildman–Crippen MR) is 61.9 cm³/mol. The Balaban J connectivity index is 2.95. The van der Waals surface area contributed by atoms with Crippen LogP contribution in [0.2, 0.25) is 0 Å². The van der Waals surface area contributed by atoms with Crippen LogP contribution < -0.4 is 4.72 Å². The molecule has 0 bridgehead atoms. The summed E-state index contributed by atoms with van der Waals surface area (Å²) in [5, 5.41) is 18.0. The molecule has 102 valence electrons. The Kier molecular flexibility index (Phi) is 4.49. The van der Waals surface area contributed by atoms with Crippen molar-refractivity contribution in [3.63, 3.8) is 0 Å². The highest BCUT2D eigenvalue weighted by molar-refractivity contribution is 7.89. The first-order valence-corrected chi connectivity index (χ1v) is 6.77. The second kappa shape index (κ2) is 5.51. The summed E-state index contributed by atoms with van der Waals surface area (Å²) in [6, 6.07) is 0.943. The van der Waals surface area contributed by atoms with Crippen molar-refractivity contribution in [1.82, 2.24) is 4.72 Å². The van der Waals surface area contributed by atoms with Crippen LogP contribution in [-0.2, 0) is 10.0 Å². The molecule has 1 heterocycles. The Morgan fingerprint density at radius 2 is 2.17 bits per heavy atom. The molecule has 18 heavy (non-hydrogen) atoms. The van der Waals surface area contributed by atoms with E-state index in [1.54, 1.807) is 6.92 Å². The fraction of sp³-hybridized carbons (Fsp3) is 0.500. The first-order valence-electron chi connectivity index (χ1n) is 5.29. The molecule has 0 radical (unpaired) electrons. The van der Waals surface area contributed by atoms with E-state index in [0.717, 1.165) is 6.07 Å². The number of rotatable bonds is 6. The number of furan rings is 1. The molecule has 1 unspecified atom stereocenters. The van der Waals surface area contributed by atoms with Gasteiger partial charge in [0.1, 0.15) is 10.7 Å². The van der Waals surface area contributed by atoms with Crippen LogP contribution in [0.5, 0.6) is 0 Å². The van der Waals surface area contributed by atoms with Gasteiger partial charge in [0.05, 0.1) is 6.10 Å². The van der Waals surface area contributed by atoms with Gasteiger partial charge in [0, 0.05) is 12.6 Å². The highest BCUT2D eigenvalue weighted by Crippen LogP contribution is 2.19. The molecule has 0 saturated heterocycles. The lowest BCUT2D eigenvalue weighted by Crippen LogP contribution is -2.31. The second-order valence-corrected chi connectivity index (χ2v) is 5.49. The zero-order chi connectivity index (χ0) is 13.9. The summed E-state index contributed by atoms with van der Waals surface area (Å²) in [5.74, 6) is -1.79. The molecule has 3 N–H and O–H groups in total. The van der Waals surface area contributed by atoms with Gasteiger partial charge in [0.15, 0.2) is 0 Å². The Labute approximate surface area is 104 Å². The van der Waals surface area contributed by atoms with Crippen molar-refractivity contribution in [2.75, 3.05) is 6.54 Å². The minimum atomic E-state index is -3.88. The quantitative estimate of drug-likeness (QED) is 0.690. The molecule has 1 aromatic heterocycles. The van der Waals surface area contributed by atoms with Crippen molar-refractivity contribution < 1.29 is 27.8 Å². The van der Waals surface area contributed by atoms with Crippen molar-refractivity contribution in [3.8, 4) is 0 Å². The number of aryl methyl sites for hydroxylation is 1. The number of aromatic carboxylic acids is 1. The van der Waals surface area contributed by atoms with Gasteiger partial charge in [-0.3, -0.25) is 0 Å². The molecule has 0 aliphatic carbocycles. The third-order valence-corrected chi connectivity index (χ3v) is 3.88. The number of nitrogens with one attached hydrogen (secondary N) is 1. The summed E-state index contributed by atoms with van der Waals surface area (Å²) in [6.07, 6.45) is -0.376. The molecular weight excluding hydrogens is 262 g/mol. The van der Waals surface area contributed by atoms with Gasteiger partial charge in [-0.15, -0.1) is 0 Å². The van der Waals surface area contributed by atoms with E-state index >= 15 is 0 Å². The largest absolute Gasteiger partial charge is 0.475 e. The minimum absolute atomic E-state index is 0.00844. The van der Waals surface area contributed by atoms with E-state index in [1.165, 1.54) is 6.92 Å². The average Bonchev–Trinajstić information content (AvgIpc) is 2.69. The molecule has 1 atom stereocenters. The molecule has 0 aliphatic heterocycles. The standard InChI is InChI=1S/C10H15NO6S/c1-3-7(12)5-11-18(15,16)9-4-8(10(13)14)17-6(9)2/h4,7,11-12H,3,5H2,1-2H3,(H,13,14). The maximum atomic E-state index is 11.8. The number of carboxylic acids is 1. The van der Waals surface area contributed by atoms with Crippen LogP contribution >= 0.6 is 0 Å². The van der Waals surface area contributed by atoms with Crippen LogP contribution in [0.25, 0.3) is 0 Å². The average molecular weight is 277 g/mol. The van der Waals surface area contributed by atoms with Crippen molar-refractivity contribution in [3.05, 3.63) is 17.6 Å². The van der Waals surface area contributed by atoms with E-state index in [0.29, 0.717) is 6.42 Å². The molecule has 0 aliphatic rings. The van der Waals surface area contributed by atoms with Crippen LogP contribution in [0, 0.1) is 6.92 Å². The number of sulfonamides is 1. The van der Waals surface area contributed by atoms with E-state index in [9.17, 15) is 18.3 Å². The second-order valence-electron chi connectivity index (χ2n) is 3.75. The molecule has 0 saturated carbocycles. The van der Waals surface area contributed by atoms with Crippen LogP contribution in [0.4, 0.5) is 0 Å². The van der Waals surface area contributed by atoms with E-state index in [1.807, 2.05) is 0 Å². The monoisotopic (exact) mass is 277 g/mol. The lowest BCUT2D eigenvalue weighted by molar-refractivity contribution is 0.0661. The number of carboxylic acid groups (broad SMARTS) is 1. The number of aliphatic hydroxyl groups is 1. The van der Waals surface area contributed by atoms with Crippen molar-refractivity contribution in [2.45, 2.75) is 31.3 Å². The topological polar surface area (TPSA) is 117 Å². The van der Waals surface area contributed by atoms with Gasteiger partial charge in [-0.1, -0.05) is 6.92 Å². The highest BCUT2D eigenvalue weighted by Gasteiger charge is 2.24. The van der Waals surface area contributed by atoms with Gasteiger partial charge in [0.25, 0.3) is 0 Å². The van der Waals surface area contributed by atoms with Gasteiger partial charge in [-0.05, 0) is 13.3 Å². The maximum Gasteiger partial charge on any atom is 0.371 e.